The van der Waals surface area contributed by atoms with E-state index < -0.39 is 0 Å². The van der Waals surface area contributed by atoms with Crippen molar-refractivity contribution in [2.75, 3.05) is 11.9 Å². The second kappa shape index (κ2) is 9.92. The molecule has 2 aromatic rings. The van der Waals surface area contributed by atoms with Gasteiger partial charge in [-0.25, -0.2) is 0 Å². The second-order valence-corrected chi connectivity index (χ2v) is 6.64. The largest absolute Gasteiger partial charge is 0.493 e. The number of rotatable bonds is 7. The minimum absolute atomic E-state index is 0.271. The molecule has 1 amide bonds. The van der Waals surface area contributed by atoms with Crippen LogP contribution in [-0.4, -0.2) is 17.6 Å². The Bertz CT molecular complexity index is 754. The van der Waals surface area contributed by atoms with E-state index in [2.05, 4.69) is 17.6 Å². The number of thiocarbonyl (C=S) groups is 1. The lowest BCUT2D eigenvalue weighted by Crippen LogP contribution is -2.34. The molecular formula is C21H26N2O2S. The molecule has 2 rings (SSSR count). The molecule has 5 heteroatoms. The third-order valence-electron chi connectivity index (χ3n) is 4.08. The van der Waals surface area contributed by atoms with Gasteiger partial charge in [0.05, 0.1) is 12.2 Å². The number of anilines is 1. The summed E-state index contributed by atoms with van der Waals surface area (Å²) in [5.74, 6) is 0.302. The van der Waals surface area contributed by atoms with Gasteiger partial charge in [-0.05, 0) is 55.7 Å². The molecule has 0 heterocycles. The Kier molecular flexibility index (Phi) is 7.60. The molecule has 4 nitrogen and oxygen atoms in total. The highest BCUT2D eigenvalue weighted by molar-refractivity contribution is 7.80. The molecule has 0 aliphatic carbocycles. The number of para-hydroxylation sites is 2. The maximum Gasteiger partial charge on any atom is 0.261 e. The fourth-order valence-electron chi connectivity index (χ4n) is 2.64. The van der Waals surface area contributed by atoms with E-state index >= 15 is 0 Å². The average Bonchev–Trinajstić information content (AvgIpc) is 2.62. The van der Waals surface area contributed by atoms with Crippen molar-refractivity contribution in [1.82, 2.24) is 5.32 Å². The Morgan fingerprint density at radius 1 is 1.04 bits per heavy atom. The number of hydrogen-bond donors (Lipinski definition) is 2. The number of carbonyl (C=O) groups excluding carboxylic acids is 1. The fourth-order valence-corrected chi connectivity index (χ4v) is 2.84. The lowest BCUT2D eigenvalue weighted by atomic mass is 10.1. The molecule has 0 radical (unpaired) electrons. The number of aryl methyl sites for hydroxylation is 2. The number of amides is 1. The van der Waals surface area contributed by atoms with Gasteiger partial charge in [0, 0.05) is 5.69 Å². The summed E-state index contributed by atoms with van der Waals surface area (Å²) in [7, 11) is 0. The Morgan fingerprint density at radius 2 is 1.73 bits per heavy atom. The van der Waals surface area contributed by atoms with E-state index in [-0.39, 0.29) is 11.0 Å². The Morgan fingerprint density at radius 3 is 2.42 bits per heavy atom. The predicted octanol–water partition coefficient (Wildman–Crippen LogP) is 5.00. The Balaban J connectivity index is 2.02. The molecule has 2 aromatic carbocycles. The molecular weight excluding hydrogens is 344 g/mol. The van der Waals surface area contributed by atoms with E-state index in [9.17, 15) is 4.79 Å². The zero-order valence-electron chi connectivity index (χ0n) is 15.6. The first-order valence-corrected chi connectivity index (χ1v) is 9.34. The van der Waals surface area contributed by atoms with E-state index in [0.29, 0.717) is 17.9 Å². The fraction of sp³-hybridized carbons (Fsp3) is 0.333. The highest BCUT2D eigenvalue weighted by Gasteiger charge is 2.14. The van der Waals surface area contributed by atoms with Crippen molar-refractivity contribution in [3.05, 3.63) is 59.2 Å². The predicted molar refractivity (Wildman–Crippen MR) is 111 cm³/mol. The van der Waals surface area contributed by atoms with E-state index in [1.54, 1.807) is 6.07 Å². The van der Waals surface area contributed by atoms with Crippen LogP contribution < -0.4 is 15.4 Å². The second-order valence-electron chi connectivity index (χ2n) is 6.23. The van der Waals surface area contributed by atoms with Gasteiger partial charge in [-0.2, -0.15) is 0 Å². The van der Waals surface area contributed by atoms with Crippen molar-refractivity contribution < 1.29 is 9.53 Å². The number of benzene rings is 2. The van der Waals surface area contributed by atoms with Crippen LogP contribution in [0.4, 0.5) is 5.69 Å². The summed E-state index contributed by atoms with van der Waals surface area (Å²) in [6, 6.07) is 13.2. The maximum absolute atomic E-state index is 12.6. The number of nitrogens with one attached hydrogen (secondary N) is 2. The van der Waals surface area contributed by atoms with Gasteiger partial charge < -0.3 is 10.1 Å². The standard InChI is InChI=1S/C21H26N2O2S/c1-4-5-8-14-25-18-13-7-6-12-17(18)20(24)23-21(26)22-19-15(2)10-9-11-16(19)3/h6-7,9-13H,4-5,8,14H2,1-3H3,(H2,22,23,24,26). The highest BCUT2D eigenvalue weighted by Crippen LogP contribution is 2.20. The molecule has 0 aliphatic heterocycles. The quantitative estimate of drug-likeness (QED) is 0.532. The molecule has 0 aromatic heterocycles. The van der Waals surface area contributed by atoms with Gasteiger partial charge in [0.2, 0.25) is 0 Å². The lowest BCUT2D eigenvalue weighted by molar-refractivity contribution is 0.0973. The first-order chi connectivity index (χ1) is 12.5. The Labute approximate surface area is 161 Å². The minimum atomic E-state index is -0.278. The summed E-state index contributed by atoms with van der Waals surface area (Å²) in [4.78, 5) is 12.6. The van der Waals surface area contributed by atoms with E-state index in [4.69, 9.17) is 17.0 Å². The van der Waals surface area contributed by atoms with Gasteiger partial charge in [-0.3, -0.25) is 10.1 Å². The molecule has 0 bridgehead atoms. The van der Waals surface area contributed by atoms with Gasteiger partial charge in [-0.1, -0.05) is 50.1 Å². The van der Waals surface area contributed by atoms with Crippen molar-refractivity contribution >= 4 is 28.9 Å². The molecule has 0 saturated carbocycles. The monoisotopic (exact) mass is 370 g/mol. The van der Waals surface area contributed by atoms with Crippen molar-refractivity contribution in [2.45, 2.75) is 40.0 Å². The molecule has 0 fully saturated rings. The van der Waals surface area contributed by atoms with Crippen LogP contribution in [0.1, 0.15) is 47.7 Å². The van der Waals surface area contributed by atoms with Crippen LogP contribution in [0.2, 0.25) is 0 Å². The molecule has 0 saturated heterocycles. The number of carbonyl (C=O) groups is 1. The third kappa shape index (κ3) is 5.56. The number of hydrogen-bond acceptors (Lipinski definition) is 3. The SMILES string of the molecule is CCCCCOc1ccccc1C(=O)NC(=S)Nc1c(C)cccc1C. The van der Waals surface area contributed by atoms with Crippen LogP contribution in [0.3, 0.4) is 0 Å². The van der Waals surface area contributed by atoms with E-state index in [0.717, 1.165) is 36.1 Å². The van der Waals surface area contributed by atoms with Crippen molar-refractivity contribution in [3.8, 4) is 5.75 Å². The Hall–Kier alpha value is -2.40. The van der Waals surface area contributed by atoms with Gasteiger partial charge in [0.1, 0.15) is 5.75 Å². The molecule has 2 N–H and O–H groups in total. The average molecular weight is 371 g/mol. The zero-order valence-corrected chi connectivity index (χ0v) is 16.4. The third-order valence-corrected chi connectivity index (χ3v) is 4.29. The molecule has 26 heavy (non-hydrogen) atoms. The van der Waals surface area contributed by atoms with E-state index in [1.165, 1.54) is 0 Å². The molecule has 0 aliphatic rings. The van der Waals surface area contributed by atoms with Gasteiger partial charge in [-0.15, -0.1) is 0 Å². The molecule has 138 valence electrons. The van der Waals surface area contributed by atoms with Crippen molar-refractivity contribution in [2.24, 2.45) is 0 Å². The van der Waals surface area contributed by atoms with E-state index in [1.807, 2.05) is 50.2 Å². The summed E-state index contributed by atoms with van der Waals surface area (Å²) in [6.45, 7) is 6.74. The molecule has 0 spiro atoms. The first-order valence-electron chi connectivity index (χ1n) is 8.93. The summed E-state index contributed by atoms with van der Waals surface area (Å²) >= 11 is 5.31. The lowest BCUT2D eigenvalue weighted by Gasteiger charge is -2.15. The van der Waals surface area contributed by atoms with Crippen LogP contribution in [0.25, 0.3) is 0 Å². The molecule has 0 atom stereocenters. The molecule has 0 unspecified atom stereocenters. The van der Waals surface area contributed by atoms with Crippen LogP contribution in [0.5, 0.6) is 5.75 Å². The van der Waals surface area contributed by atoms with Gasteiger partial charge in [0.15, 0.2) is 5.11 Å². The topological polar surface area (TPSA) is 50.4 Å². The van der Waals surface area contributed by atoms with Crippen LogP contribution in [-0.2, 0) is 0 Å². The van der Waals surface area contributed by atoms with Gasteiger partial charge >= 0.3 is 0 Å². The number of ether oxygens (including phenoxy) is 1. The first kappa shape index (κ1) is 19.9. The summed E-state index contributed by atoms with van der Waals surface area (Å²) in [5.41, 5.74) is 3.54. The highest BCUT2D eigenvalue weighted by atomic mass is 32.1. The van der Waals surface area contributed by atoms with Crippen molar-refractivity contribution in [3.63, 3.8) is 0 Å². The smallest absolute Gasteiger partial charge is 0.261 e. The van der Waals surface area contributed by atoms with Crippen LogP contribution >= 0.6 is 12.2 Å². The maximum atomic E-state index is 12.6. The summed E-state index contributed by atoms with van der Waals surface area (Å²) < 4.78 is 5.77. The zero-order chi connectivity index (χ0) is 18.9. The van der Waals surface area contributed by atoms with Crippen LogP contribution in [0.15, 0.2) is 42.5 Å². The summed E-state index contributed by atoms with van der Waals surface area (Å²) in [6.07, 6.45) is 3.21. The van der Waals surface area contributed by atoms with Gasteiger partial charge in [0.25, 0.3) is 5.91 Å². The van der Waals surface area contributed by atoms with Crippen LogP contribution in [0, 0.1) is 13.8 Å². The van der Waals surface area contributed by atoms with Crippen molar-refractivity contribution in [1.29, 1.82) is 0 Å². The number of unbranched alkanes of at least 4 members (excludes halogenated alkanes) is 2. The summed E-state index contributed by atoms with van der Waals surface area (Å²) in [5, 5.41) is 6.13. The normalized spacial score (nSPS) is 10.3. The minimum Gasteiger partial charge on any atom is -0.493 e.